The zero-order chi connectivity index (χ0) is 31.3. The second-order valence-electron chi connectivity index (χ2n) is 10.5. The molecule has 2 saturated heterocycles. The summed E-state index contributed by atoms with van der Waals surface area (Å²) in [4.78, 5) is 40.1. The second-order valence-corrected chi connectivity index (χ2v) is 10.9. The van der Waals surface area contributed by atoms with Gasteiger partial charge in [0.25, 0.3) is 24.2 Å². The van der Waals surface area contributed by atoms with Crippen LogP contribution in [0.15, 0.2) is 30.6 Å². The van der Waals surface area contributed by atoms with Crippen molar-refractivity contribution in [2.24, 2.45) is 18.9 Å². The van der Waals surface area contributed by atoms with Gasteiger partial charge >= 0.3 is 6.18 Å². The van der Waals surface area contributed by atoms with Crippen molar-refractivity contribution in [2.75, 3.05) is 31.5 Å². The zero-order valence-electron chi connectivity index (χ0n) is 22.4. The molecular weight excluding hydrogens is 605 g/mol. The highest BCUT2D eigenvalue weighted by molar-refractivity contribution is 6.34. The predicted molar refractivity (Wildman–Crippen MR) is 142 cm³/mol. The minimum absolute atomic E-state index is 0.128. The number of carbonyl (C=O) groups excluding carboxylic acids is 2. The molecule has 11 nitrogen and oxygen atoms in total. The molecule has 0 unspecified atom stereocenters. The number of carbonyl (C=O) groups is 3. The third kappa shape index (κ3) is 5.93. The number of fused-ring (bicyclic) bond motifs is 1. The van der Waals surface area contributed by atoms with Crippen molar-refractivity contribution in [1.29, 1.82) is 0 Å². The van der Waals surface area contributed by atoms with E-state index in [1.807, 2.05) is 0 Å². The molecule has 3 N–H and O–H groups in total. The molecule has 0 radical (unpaired) electrons. The maximum absolute atomic E-state index is 13.7. The lowest BCUT2D eigenvalue weighted by Crippen LogP contribution is -2.32. The Bertz CT molecular complexity index is 1560. The Morgan fingerprint density at radius 1 is 1.21 bits per heavy atom. The van der Waals surface area contributed by atoms with Crippen molar-refractivity contribution in [3.05, 3.63) is 52.7 Å². The molecule has 4 heterocycles. The van der Waals surface area contributed by atoms with Crippen molar-refractivity contribution in [2.45, 2.75) is 24.6 Å². The fourth-order valence-corrected chi connectivity index (χ4v) is 5.71. The van der Waals surface area contributed by atoms with Crippen LogP contribution in [-0.4, -0.2) is 79.7 Å². The first kappa shape index (κ1) is 30.4. The number of halogens is 6. The zero-order valence-corrected chi connectivity index (χ0v) is 23.2. The summed E-state index contributed by atoms with van der Waals surface area (Å²) in [7, 11) is 1.33. The van der Waals surface area contributed by atoms with Crippen LogP contribution in [0.25, 0.3) is 11.3 Å². The van der Waals surface area contributed by atoms with Gasteiger partial charge in [-0.2, -0.15) is 18.3 Å². The lowest BCUT2D eigenvalue weighted by molar-refractivity contribution is -0.141. The number of hydrogen-bond acceptors (Lipinski definition) is 6. The maximum Gasteiger partial charge on any atom is 0.435 e. The molecule has 3 fully saturated rings. The average molecular weight is 630 g/mol. The number of imidazole rings is 1. The predicted octanol–water partition coefficient (Wildman–Crippen LogP) is 3.78. The molecule has 3 atom stereocenters. The first-order valence-corrected chi connectivity index (χ1v) is 13.4. The van der Waals surface area contributed by atoms with Crippen LogP contribution in [0.5, 0.6) is 0 Å². The SMILES string of the molecule is Cn1c(-c2cn([C@@H]3CC3(F)F)nc2C(F)(F)F)cnc1C(=O)Nc1ccc(C(=O)N2C[C@H]3CNC[C@@H]3C2)c(Cl)c1.O=CO. The minimum Gasteiger partial charge on any atom is -0.483 e. The van der Waals surface area contributed by atoms with Gasteiger partial charge < -0.3 is 25.2 Å². The van der Waals surface area contributed by atoms with Crippen LogP contribution in [0.2, 0.25) is 5.02 Å². The number of nitrogens with one attached hydrogen (secondary N) is 2. The molecule has 2 aliphatic heterocycles. The molecule has 17 heteroatoms. The summed E-state index contributed by atoms with van der Waals surface area (Å²) in [6, 6.07) is 2.96. The van der Waals surface area contributed by atoms with E-state index < -0.39 is 41.7 Å². The molecule has 0 bridgehead atoms. The van der Waals surface area contributed by atoms with Crippen molar-refractivity contribution in [1.82, 2.24) is 29.5 Å². The number of nitrogens with zero attached hydrogens (tertiary/aromatic N) is 5. The summed E-state index contributed by atoms with van der Waals surface area (Å²) < 4.78 is 69.8. The number of aromatic nitrogens is 4. The molecule has 2 amide bonds. The van der Waals surface area contributed by atoms with E-state index in [0.29, 0.717) is 35.2 Å². The van der Waals surface area contributed by atoms with Crippen LogP contribution in [0, 0.1) is 11.8 Å². The molecule has 0 spiro atoms. The number of amides is 2. The molecule has 3 aromatic rings. The lowest BCUT2D eigenvalue weighted by Gasteiger charge is -2.18. The topological polar surface area (TPSA) is 134 Å². The number of benzene rings is 1. The van der Waals surface area contributed by atoms with Gasteiger partial charge in [0.2, 0.25) is 0 Å². The smallest absolute Gasteiger partial charge is 0.435 e. The Hall–Kier alpha value is -4.05. The fourth-order valence-electron chi connectivity index (χ4n) is 5.45. The summed E-state index contributed by atoms with van der Waals surface area (Å²) in [6.07, 6.45) is -3.58. The molecule has 2 aromatic heterocycles. The van der Waals surface area contributed by atoms with E-state index in [0.717, 1.165) is 30.1 Å². The van der Waals surface area contributed by atoms with Crippen LogP contribution in [0.4, 0.5) is 27.6 Å². The van der Waals surface area contributed by atoms with Crippen molar-refractivity contribution in [3.8, 4) is 11.3 Å². The van der Waals surface area contributed by atoms with E-state index in [1.54, 1.807) is 4.90 Å². The number of rotatable bonds is 5. The largest absolute Gasteiger partial charge is 0.483 e. The normalized spacial score (nSPS) is 22.0. The highest BCUT2D eigenvalue weighted by Crippen LogP contribution is 2.53. The van der Waals surface area contributed by atoms with E-state index in [4.69, 9.17) is 21.5 Å². The van der Waals surface area contributed by atoms with Gasteiger partial charge in [0.15, 0.2) is 11.5 Å². The van der Waals surface area contributed by atoms with Gasteiger partial charge in [-0.15, -0.1) is 0 Å². The lowest BCUT2D eigenvalue weighted by atomic mass is 10.0. The number of likely N-dealkylation sites (tertiary alicyclic amines) is 1. The van der Waals surface area contributed by atoms with Crippen LogP contribution < -0.4 is 10.6 Å². The van der Waals surface area contributed by atoms with Crippen molar-refractivity contribution >= 4 is 35.6 Å². The molecule has 43 heavy (non-hydrogen) atoms. The van der Waals surface area contributed by atoms with E-state index in [-0.39, 0.29) is 34.6 Å². The van der Waals surface area contributed by atoms with E-state index >= 15 is 0 Å². The summed E-state index contributed by atoms with van der Waals surface area (Å²) >= 11 is 6.38. The van der Waals surface area contributed by atoms with E-state index in [9.17, 15) is 31.5 Å². The first-order valence-electron chi connectivity index (χ1n) is 13.0. The fraction of sp³-hybridized carbons (Fsp3) is 0.423. The van der Waals surface area contributed by atoms with Crippen LogP contribution >= 0.6 is 11.6 Å². The quantitative estimate of drug-likeness (QED) is 0.289. The molecule has 6 rings (SSSR count). The standard InChI is InChI=1S/C25H23ClF5N7O2.CH2O2/c1-36-18(16-11-38(19-5-24(19,27)28)35-20(16)25(29,30)31)8-33-21(36)22(39)34-14-2-3-15(17(26)4-14)23(40)37-9-12-6-32-7-13(12)10-37;2-1-3/h2-4,8,11-13,19,32H,5-7,9-10H2,1H3,(H,34,39);1H,(H,2,3)/t12-,13-,19-;/m1./s1. The Labute approximate surface area is 245 Å². The van der Waals surface area contributed by atoms with Crippen molar-refractivity contribution < 1.29 is 41.4 Å². The number of hydrogen-bond donors (Lipinski definition) is 3. The number of anilines is 1. The monoisotopic (exact) mass is 629 g/mol. The van der Waals surface area contributed by atoms with Crippen LogP contribution in [-0.2, 0) is 18.0 Å². The van der Waals surface area contributed by atoms with Gasteiger partial charge in [-0.3, -0.25) is 19.1 Å². The van der Waals surface area contributed by atoms with Gasteiger partial charge in [-0.25, -0.2) is 13.8 Å². The minimum atomic E-state index is -4.92. The Morgan fingerprint density at radius 2 is 1.84 bits per heavy atom. The summed E-state index contributed by atoms with van der Waals surface area (Å²) in [6.45, 7) is 2.78. The summed E-state index contributed by atoms with van der Waals surface area (Å²) in [5, 5.41) is 16.3. The Morgan fingerprint density at radius 3 is 2.40 bits per heavy atom. The average Bonchev–Trinajstić information content (AvgIpc) is 3.47. The molecule has 1 saturated carbocycles. The van der Waals surface area contributed by atoms with Gasteiger partial charge in [0, 0.05) is 51.5 Å². The van der Waals surface area contributed by atoms with E-state index in [1.165, 1.54) is 25.2 Å². The van der Waals surface area contributed by atoms with Gasteiger partial charge in [0.05, 0.1) is 28.0 Å². The second kappa shape index (κ2) is 11.2. The molecule has 1 aromatic carbocycles. The molecule has 3 aliphatic rings. The Kier molecular flexibility index (Phi) is 7.94. The summed E-state index contributed by atoms with van der Waals surface area (Å²) in [5.41, 5.74) is -1.41. The van der Waals surface area contributed by atoms with E-state index in [2.05, 4.69) is 20.7 Å². The maximum atomic E-state index is 13.7. The third-order valence-corrected chi connectivity index (χ3v) is 8.03. The highest BCUT2D eigenvalue weighted by Gasteiger charge is 2.59. The molecular formula is C26H25ClF5N7O4. The van der Waals surface area contributed by atoms with Crippen molar-refractivity contribution in [3.63, 3.8) is 0 Å². The van der Waals surface area contributed by atoms with Gasteiger partial charge in [-0.1, -0.05) is 11.6 Å². The highest BCUT2D eigenvalue weighted by atomic mass is 35.5. The van der Waals surface area contributed by atoms with Crippen LogP contribution in [0.3, 0.4) is 0 Å². The summed E-state index contributed by atoms with van der Waals surface area (Å²) in [5.74, 6) is -3.48. The van der Waals surface area contributed by atoms with Gasteiger partial charge in [0.1, 0.15) is 6.04 Å². The third-order valence-electron chi connectivity index (χ3n) is 7.71. The first-order chi connectivity index (χ1) is 20.2. The number of carboxylic acid groups (broad SMARTS) is 1. The Balaban J connectivity index is 0.00000118. The number of alkyl halides is 5. The van der Waals surface area contributed by atoms with Crippen LogP contribution in [0.1, 0.15) is 39.1 Å². The molecule has 1 aliphatic carbocycles. The molecule has 230 valence electrons. The van der Waals surface area contributed by atoms with Gasteiger partial charge in [-0.05, 0) is 30.0 Å².